The number of benzene rings is 1. The van der Waals surface area contributed by atoms with E-state index >= 15 is 0 Å². The Labute approximate surface area is 144 Å². The Morgan fingerprint density at radius 1 is 1.21 bits per heavy atom. The minimum absolute atomic E-state index is 0.0373. The summed E-state index contributed by atoms with van der Waals surface area (Å²) in [6.07, 6.45) is 1.13. The number of ether oxygens (including phenoxy) is 1. The molecule has 0 spiro atoms. The molecule has 1 aliphatic rings. The Kier molecular flexibility index (Phi) is 6.37. The summed E-state index contributed by atoms with van der Waals surface area (Å²) in [6, 6.07) is 6.10. The quantitative estimate of drug-likeness (QED) is 0.790. The maximum absolute atomic E-state index is 12.6. The first-order chi connectivity index (χ1) is 11.3. The zero-order valence-electron chi connectivity index (χ0n) is 14.5. The summed E-state index contributed by atoms with van der Waals surface area (Å²) in [7, 11) is -2.06. The number of amides is 1. The number of nitrogens with zero attached hydrogens (tertiary/aromatic N) is 1. The maximum atomic E-state index is 12.6. The molecular formula is C17H26N2O4S. The van der Waals surface area contributed by atoms with Gasteiger partial charge in [-0.25, -0.2) is 13.1 Å². The molecule has 134 valence electrons. The first kappa shape index (κ1) is 18.9. The number of sulfonamides is 1. The third-order valence-electron chi connectivity index (χ3n) is 4.17. The van der Waals surface area contributed by atoms with Crippen molar-refractivity contribution in [2.45, 2.75) is 25.2 Å². The molecule has 0 aromatic heterocycles. The van der Waals surface area contributed by atoms with Crippen LogP contribution in [0.1, 0.15) is 30.6 Å². The van der Waals surface area contributed by atoms with Gasteiger partial charge in [-0.05, 0) is 42.5 Å². The number of methoxy groups -OCH3 is 1. The summed E-state index contributed by atoms with van der Waals surface area (Å²) in [5, 5.41) is 0. The van der Waals surface area contributed by atoms with E-state index in [0.29, 0.717) is 24.0 Å². The van der Waals surface area contributed by atoms with Crippen LogP contribution in [0.3, 0.4) is 0 Å². The Morgan fingerprint density at radius 2 is 1.79 bits per heavy atom. The van der Waals surface area contributed by atoms with Gasteiger partial charge in [-0.3, -0.25) is 4.79 Å². The predicted molar refractivity (Wildman–Crippen MR) is 92.4 cm³/mol. The first-order valence-corrected chi connectivity index (χ1v) is 9.69. The lowest BCUT2D eigenvalue weighted by molar-refractivity contribution is 0.0623. The average Bonchev–Trinajstić information content (AvgIpc) is 2.53. The van der Waals surface area contributed by atoms with Crippen LogP contribution in [-0.2, 0) is 14.8 Å². The standard InChI is InChI=1S/C17H26N2O4S/c1-13-10-14(2)12-19(11-13)17(20)15-4-6-16(7-5-15)24(21,22)18-8-9-23-3/h4-7,13-14,18H,8-12H2,1-3H3. The second-order valence-corrected chi connectivity index (χ2v) is 8.34. The van der Waals surface area contributed by atoms with Gasteiger partial charge in [0.1, 0.15) is 0 Å². The van der Waals surface area contributed by atoms with Crippen molar-refractivity contribution in [2.24, 2.45) is 11.8 Å². The van der Waals surface area contributed by atoms with Crippen molar-refractivity contribution in [2.75, 3.05) is 33.4 Å². The average molecular weight is 354 g/mol. The van der Waals surface area contributed by atoms with Gasteiger partial charge in [-0.1, -0.05) is 13.8 Å². The molecule has 1 amide bonds. The molecule has 1 N–H and O–H groups in total. The van der Waals surface area contributed by atoms with Gasteiger partial charge in [0.2, 0.25) is 10.0 Å². The molecule has 7 heteroatoms. The van der Waals surface area contributed by atoms with Crippen molar-refractivity contribution >= 4 is 15.9 Å². The molecule has 1 fully saturated rings. The molecule has 0 radical (unpaired) electrons. The second kappa shape index (κ2) is 8.09. The summed E-state index contributed by atoms with van der Waals surface area (Å²) < 4.78 is 31.5. The van der Waals surface area contributed by atoms with Crippen LogP contribution in [0.5, 0.6) is 0 Å². The maximum Gasteiger partial charge on any atom is 0.253 e. The van der Waals surface area contributed by atoms with Crippen LogP contribution in [0.25, 0.3) is 0 Å². The van der Waals surface area contributed by atoms with Gasteiger partial charge in [0.25, 0.3) is 5.91 Å². The lowest BCUT2D eigenvalue weighted by Crippen LogP contribution is -2.42. The van der Waals surface area contributed by atoms with E-state index in [4.69, 9.17) is 4.74 Å². The van der Waals surface area contributed by atoms with Gasteiger partial charge < -0.3 is 9.64 Å². The van der Waals surface area contributed by atoms with Crippen molar-refractivity contribution in [3.05, 3.63) is 29.8 Å². The van der Waals surface area contributed by atoms with E-state index in [1.165, 1.54) is 19.2 Å². The largest absolute Gasteiger partial charge is 0.383 e. The van der Waals surface area contributed by atoms with Crippen molar-refractivity contribution in [1.29, 1.82) is 0 Å². The Bertz CT molecular complexity index is 648. The van der Waals surface area contributed by atoms with E-state index in [0.717, 1.165) is 19.5 Å². The molecule has 2 rings (SSSR count). The van der Waals surface area contributed by atoms with Gasteiger partial charge >= 0.3 is 0 Å². The third-order valence-corrected chi connectivity index (χ3v) is 5.64. The number of carbonyl (C=O) groups excluding carboxylic acids is 1. The topological polar surface area (TPSA) is 75.7 Å². The number of carbonyl (C=O) groups is 1. The molecule has 1 aliphatic heterocycles. The van der Waals surface area contributed by atoms with Gasteiger partial charge in [0.15, 0.2) is 0 Å². The second-order valence-electron chi connectivity index (χ2n) is 6.57. The fraction of sp³-hybridized carbons (Fsp3) is 0.588. The van der Waals surface area contributed by atoms with Crippen molar-refractivity contribution in [3.63, 3.8) is 0 Å². The van der Waals surface area contributed by atoms with E-state index < -0.39 is 10.0 Å². The van der Waals surface area contributed by atoms with Crippen LogP contribution < -0.4 is 4.72 Å². The Hall–Kier alpha value is -1.44. The summed E-state index contributed by atoms with van der Waals surface area (Å²) >= 11 is 0. The van der Waals surface area contributed by atoms with Gasteiger partial charge in [-0.15, -0.1) is 0 Å². The Morgan fingerprint density at radius 3 is 2.33 bits per heavy atom. The molecule has 1 aromatic carbocycles. The summed E-state index contributed by atoms with van der Waals surface area (Å²) in [6.45, 7) is 6.32. The number of likely N-dealkylation sites (tertiary alicyclic amines) is 1. The van der Waals surface area contributed by atoms with Crippen molar-refractivity contribution in [1.82, 2.24) is 9.62 Å². The minimum atomic E-state index is -3.57. The summed E-state index contributed by atoms with van der Waals surface area (Å²) in [4.78, 5) is 14.6. The van der Waals surface area contributed by atoms with Gasteiger partial charge in [0, 0.05) is 32.3 Å². The molecule has 0 aliphatic carbocycles. The highest BCUT2D eigenvalue weighted by molar-refractivity contribution is 7.89. The number of piperidine rings is 1. The molecule has 1 aromatic rings. The van der Waals surface area contributed by atoms with Crippen molar-refractivity contribution in [3.8, 4) is 0 Å². The minimum Gasteiger partial charge on any atom is -0.383 e. The van der Waals surface area contributed by atoms with Crippen LogP contribution >= 0.6 is 0 Å². The normalized spacial score (nSPS) is 21.7. The fourth-order valence-corrected chi connectivity index (χ4v) is 4.16. The molecule has 1 saturated heterocycles. The lowest BCUT2D eigenvalue weighted by atomic mass is 9.91. The molecule has 24 heavy (non-hydrogen) atoms. The highest BCUT2D eigenvalue weighted by atomic mass is 32.2. The number of hydrogen-bond acceptors (Lipinski definition) is 4. The molecule has 1 heterocycles. The summed E-state index contributed by atoms with van der Waals surface area (Å²) in [5.41, 5.74) is 0.521. The fourth-order valence-electron chi connectivity index (χ4n) is 3.15. The van der Waals surface area contributed by atoms with E-state index in [2.05, 4.69) is 18.6 Å². The van der Waals surface area contributed by atoms with Crippen LogP contribution in [0, 0.1) is 11.8 Å². The van der Waals surface area contributed by atoms with E-state index in [9.17, 15) is 13.2 Å². The van der Waals surface area contributed by atoms with Crippen LogP contribution in [-0.4, -0.2) is 52.6 Å². The van der Waals surface area contributed by atoms with Crippen molar-refractivity contribution < 1.29 is 17.9 Å². The smallest absolute Gasteiger partial charge is 0.253 e. The number of hydrogen-bond donors (Lipinski definition) is 1. The SMILES string of the molecule is COCCNS(=O)(=O)c1ccc(C(=O)N2CC(C)CC(C)C2)cc1. The summed E-state index contributed by atoms with van der Waals surface area (Å²) in [5.74, 6) is 0.939. The van der Waals surface area contributed by atoms with Crippen LogP contribution in [0.4, 0.5) is 0 Å². The van der Waals surface area contributed by atoms with Gasteiger partial charge in [-0.2, -0.15) is 0 Å². The molecule has 2 unspecified atom stereocenters. The third kappa shape index (κ3) is 4.78. The number of nitrogens with one attached hydrogen (secondary N) is 1. The van der Waals surface area contributed by atoms with E-state index in [1.807, 2.05) is 4.90 Å². The van der Waals surface area contributed by atoms with E-state index in [1.54, 1.807) is 12.1 Å². The molecule has 6 nitrogen and oxygen atoms in total. The zero-order valence-corrected chi connectivity index (χ0v) is 15.3. The van der Waals surface area contributed by atoms with E-state index in [-0.39, 0.29) is 17.3 Å². The van der Waals surface area contributed by atoms with Gasteiger partial charge in [0.05, 0.1) is 11.5 Å². The molecule has 0 saturated carbocycles. The molecular weight excluding hydrogens is 328 g/mol. The lowest BCUT2D eigenvalue weighted by Gasteiger charge is -2.35. The zero-order chi connectivity index (χ0) is 17.7. The number of rotatable bonds is 6. The highest BCUT2D eigenvalue weighted by Gasteiger charge is 2.26. The van der Waals surface area contributed by atoms with Crippen LogP contribution in [0.15, 0.2) is 29.2 Å². The Balaban J connectivity index is 2.07. The highest BCUT2D eigenvalue weighted by Crippen LogP contribution is 2.23. The monoisotopic (exact) mass is 354 g/mol. The first-order valence-electron chi connectivity index (χ1n) is 8.21. The molecule has 0 bridgehead atoms. The van der Waals surface area contributed by atoms with Crippen LogP contribution in [0.2, 0.25) is 0 Å². The molecule has 2 atom stereocenters. The predicted octanol–water partition coefficient (Wildman–Crippen LogP) is 1.73.